The highest BCUT2D eigenvalue weighted by atomic mass is 35.5. The number of aromatic amines is 1. The van der Waals surface area contributed by atoms with Crippen molar-refractivity contribution in [1.82, 2.24) is 14.8 Å². The Morgan fingerprint density at radius 1 is 1.40 bits per heavy atom. The number of rotatable bonds is 4. The van der Waals surface area contributed by atoms with Crippen molar-refractivity contribution < 1.29 is 9.90 Å². The van der Waals surface area contributed by atoms with E-state index in [1.54, 1.807) is 11.0 Å². The van der Waals surface area contributed by atoms with E-state index in [9.17, 15) is 9.90 Å². The standard InChI is InChI=1S/C13H19Cl2N3O2/c1-2-9(8-19)17-3-5-18(6-4-17)13(20)11-7-10(14)12(15)16-11/h7,9,16,19H,2-6,8H2,1H3. The molecule has 0 saturated carbocycles. The van der Waals surface area contributed by atoms with Crippen LogP contribution in [-0.2, 0) is 0 Å². The number of hydrogen-bond acceptors (Lipinski definition) is 3. The molecule has 1 amide bonds. The first kappa shape index (κ1) is 15.6. The van der Waals surface area contributed by atoms with E-state index >= 15 is 0 Å². The summed E-state index contributed by atoms with van der Waals surface area (Å²) in [6.07, 6.45) is 0.909. The maximum absolute atomic E-state index is 12.3. The number of aromatic nitrogens is 1. The van der Waals surface area contributed by atoms with Gasteiger partial charge in [-0.2, -0.15) is 0 Å². The Hall–Kier alpha value is -0.750. The van der Waals surface area contributed by atoms with Gasteiger partial charge in [-0.15, -0.1) is 0 Å². The van der Waals surface area contributed by atoms with Crippen molar-refractivity contribution in [2.45, 2.75) is 19.4 Å². The van der Waals surface area contributed by atoms with Crippen LogP contribution in [0.3, 0.4) is 0 Å². The fourth-order valence-electron chi connectivity index (χ4n) is 2.48. The SMILES string of the molecule is CCC(CO)N1CCN(C(=O)c2cc(Cl)c(Cl)[nH]2)CC1. The molecule has 0 aromatic carbocycles. The van der Waals surface area contributed by atoms with E-state index in [0.717, 1.165) is 19.5 Å². The summed E-state index contributed by atoms with van der Waals surface area (Å²) in [5, 5.41) is 9.96. The molecule has 2 heterocycles. The number of halogens is 2. The molecule has 1 aromatic heterocycles. The quantitative estimate of drug-likeness (QED) is 0.890. The van der Waals surface area contributed by atoms with Gasteiger partial charge < -0.3 is 15.0 Å². The number of piperazine rings is 1. The van der Waals surface area contributed by atoms with E-state index < -0.39 is 0 Å². The predicted molar refractivity (Wildman–Crippen MR) is 79.5 cm³/mol. The van der Waals surface area contributed by atoms with E-state index in [0.29, 0.717) is 29.0 Å². The zero-order chi connectivity index (χ0) is 14.7. The van der Waals surface area contributed by atoms with E-state index in [1.807, 2.05) is 0 Å². The summed E-state index contributed by atoms with van der Waals surface area (Å²) in [6.45, 7) is 5.04. The topological polar surface area (TPSA) is 59.6 Å². The Labute approximate surface area is 128 Å². The summed E-state index contributed by atoms with van der Waals surface area (Å²) in [5.74, 6) is -0.0875. The van der Waals surface area contributed by atoms with Gasteiger partial charge in [-0.05, 0) is 12.5 Å². The monoisotopic (exact) mass is 319 g/mol. The third kappa shape index (κ3) is 3.28. The lowest BCUT2D eigenvalue weighted by atomic mass is 10.1. The van der Waals surface area contributed by atoms with Gasteiger partial charge in [-0.25, -0.2) is 0 Å². The number of nitrogens with zero attached hydrogens (tertiary/aromatic N) is 2. The Kier molecular flexibility index (Phi) is 5.32. The fraction of sp³-hybridized carbons (Fsp3) is 0.615. The summed E-state index contributed by atoms with van der Waals surface area (Å²) in [4.78, 5) is 19.1. The molecule has 7 heteroatoms. The molecule has 5 nitrogen and oxygen atoms in total. The number of hydrogen-bond donors (Lipinski definition) is 2. The van der Waals surface area contributed by atoms with Crippen LogP contribution in [0.2, 0.25) is 10.2 Å². The molecular weight excluding hydrogens is 301 g/mol. The minimum atomic E-state index is -0.0875. The summed E-state index contributed by atoms with van der Waals surface area (Å²) < 4.78 is 0. The van der Waals surface area contributed by atoms with E-state index in [4.69, 9.17) is 23.2 Å². The molecule has 20 heavy (non-hydrogen) atoms. The zero-order valence-electron chi connectivity index (χ0n) is 11.4. The van der Waals surface area contributed by atoms with Gasteiger partial charge in [0.05, 0.1) is 11.6 Å². The summed E-state index contributed by atoms with van der Waals surface area (Å²) in [7, 11) is 0. The second kappa shape index (κ2) is 6.80. The number of amides is 1. The lowest BCUT2D eigenvalue weighted by Gasteiger charge is -2.38. The van der Waals surface area contributed by atoms with Crippen LogP contribution in [0.25, 0.3) is 0 Å². The fourth-order valence-corrected chi connectivity index (χ4v) is 2.80. The summed E-state index contributed by atoms with van der Waals surface area (Å²) in [6, 6.07) is 1.74. The Morgan fingerprint density at radius 2 is 2.05 bits per heavy atom. The first-order chi connectivity index (χ1) is 9.56. The molecular formula is C13H19Cl2N3O2. The van der Waals surface area contributed by atoms with Crippen LogP contribution in [0.4, 0.5) is 0 Å². The van der Waals surface area contributed by atoms with Crippen molar-refractivity contribution in [1.29, 1.82) is 0 Å². The van der Waals surface area contributed by atoms with Crippen molar-refractivity contribution in [2.24, 2.45) is 0 Å². The number of nitrogens with one attached hydrogen (secondary N) is 1. The average Bonchev–Trinajstić information content (AvgIpc) is 2.80. The number of aliphatic hydroxyl groups excluding tert-OH is 1. The second-order valence-electron chi connectivity index (χ2n) is 4.92. The van der Waals surface area contributed by atoms with Gasteiger partial charge in [-0.1, -0.05) is 30.1 Å². The van der Waals surface area contributed by atoms with E-state index in [1.165, 1.54) is 0 Å². The highest BCUT2D eigenvalue weighted by Crippen LogP contribution is 2.23. The van der Waals surface area contributed by atoms with Crippen LogP contribution in [0.15, 0.2) is 6.07 Å². The molecule has 0 spiro atoms. The van der Waals surface area contributed by atoms with Crippen LogP contribution >= 0.6 is 23.2 Å². The van der Waals surface area contributed by atoms with Crippen LogP contribution < -0.4 is 0 Å². The number of carbonyl (C=O) groups is 1. The molecule has 1 aliphatic rings. The molecule has 112 valence electrons. The summed E-state index contributed by atoms with van der Waals surface area (Å²) >= 11 is 11.7. The maximum atomic E-state index is 12.3. The number of aliphatic hydroxyl groups is 1. The Bertz CT molecular complexity index is 447. The molecule has 2 N–H and O–H groups in total. The predicted octanol–water partition coefficient (Wildman–Crippen LogP) is 1.85. The van der Waals surface area contributed by atoms with Gasteiger partial charge in [0.15, 0.2) is 0 Å². The molecule has 1 fully saturated rings. The Morgan fingerprint density at radius 3 is 2.50 bits per heavy atom. The maximum Gasteiger partial charge on any atom is 0.270 e. The highest BCUT2D eigenvalue weighted by molar-refractivity contribution is 6.41. The van der Waals surface area contributed by atoms with Crippen molar-refractivity contribution in [3.63, 3.8) is 0 Å². The zero-order valence-corrected chi connectivity index (χ0v) is 12.9. The molecule has 0 bridgehead atoms. The molecule has 1 aromatic rings. The molecule has 0 aliphatic carbocycles. The van der Waals surface area contributed by atoms with Crippen LogP contribution in [0.5, 0.6) is 0 Å². The molecule has 2 rings (SSSR count). The molecule has 0 radical (unpaired) electrons. The smallest absolute Gasteiger partial charge is 0.270 e. The van der Waals surface area contributed by atoms with Gasteiger partial charge in [0.1, 0.15) is 10.8 Å². The van der Waals surface area contributed by atoms with Crippen molar-refractivity contribution in [3.8, 4) is 0 Å². The first-order valence-corrected chi connectivity index (χ1v) is 7.50. The minimum absolute atomic E-state index is 0.0875. The Balaban J connectivity index is 1.95. The molecule has 1 atom stereocenters. The highest BCUT2D eigenvalue weighted by Gasteiger charge is 2.26. The van der Waals surface area contributed by atoms with Gasteiger partial charge in [-0.3, -0.25) is 9.69 Å². The van der Waals surface area contributed by atoms with Crippen LogP contribution in [0.1, 0.15) is 23.8 Å². The molecule has 1 aliphatic heterocycles. The third-order valence-electron chi connectivity index (χ3n) is 3.76. The second-order valence-corrected chi connectivity index (χ2v) is 5.70. The van der Waals surface area contributed by atoms with Crippen LogP contribution in [0, 0.1) is 0 Å². The summed E-state index contributed by atoms with van der Waals surface area (Å²) in [5.41, 5.74) is 0.419. The van der Waals surface area contributed by atoms with Gasteiger partial charge in [0.25, 0.3) is 5.91 Å². The van der Waals surface area contributed by atoms with Crippen LogP contribution in [-0.4, -0.2) is 64.6 Å². The normalized spacial score (nSPS) is 18.3. The van der Waals surface area contributed by atoms with E-state index in [2.05, 4.69) is 16.8 Å². The van der Waals surface area contributed by atoms with Crippen molar-refractivity contribution >= 4 is 29.1 Å². The molecule has 1 saturated heterocycles. The van der Waals surface area contributed by atoms with Gasteiger partial charge in [0.2, 0.25) is 0 Å². The van der Waals surface area contributed by atoms with Crippen molar-refractivity contribution in [2.75, 3.05) is 32.8 Å². The first-order valence-electron chi connectivity index (χ1n) is 6.75. The average molecular weight is 320 g/mol. The van der Waals surface area contributed by atoms with Crippen molar-refractivity contribution in [3.05, 3.63) is 21.9 Å². The number of carbonyl (C=O) groups excluding carboxylic acids is 1. The minimum Gasteiger partial charge on any atom is -0.395 e. The number of H-pyrrole nitrogens is 1. The van der Waals surface area contributed by atoms with E-state index in [-0.39, 0.29) is 18.6 Å². The lowest BCUT2D eigenvalue weighted by molar-refractivity contribution is 0.0468. The molecule has 1 unspecified atom stereocenters. The lowest BCUT2D eigenvalue weighted by Crippen LogP contribution is -2.52. The largest absolute Gasteiger partial charge is 0.395 e. The van der Waals surface area contributed by atoms with Gasteiger partial charge >= 0.3 is 0 Å². The van der Waals surface area contributed by atoms with Gasteiger partial charge in [0, 0.05) is 32.2 Å². The third-order valence-corrected chi connectivity index (χ3v) is 4.45.